The number of fused-ring (bicyclic) bond motifs is 1. The van der Waals surface area contributed by atoms with Crippen molar-refractivity contribution in [1.82, 2.24) is 0 Å². The summed E-state index contributed by atoms with van der Waals surface area (Å²) in [6, 6.07) is 5.24. The van der Waals surface area contributed by atoms with Crippen LogP contribution in [0.4, 0.5) is 0 Å². The minimum atomic E-state index is 0.286. The molecule has 1 aliphatic heterocycles. The van der Waals surface area contributed by atoms with Crippen molar-refractivity contribution in [1.29, 1.82) is 0 Å². The highest BCUT2D eigenvalue weighted by molar-refractivity contribution is 7.98. The van der Waals surface area contributed by atoms with E-state index in [-0.39, 0.29) is 5.75 Å². The van der Waals surface area contributed by atoms with Crippen molar-refractivity contribution >= 4 is 11.9 Å². The monoisotopic (exact) mass is 166 g/mol. The molecule has 0 spiro atoms. The molecule has 56 valence electrons. The summed E-state index contributed by atoms with van der Waals surface area (Å²) in [5.74, 6) is 0.286. The Labute approximate surface area is 68.3 Å². The fourth-order valence-electron chi connectivity index (χ4n) is 0.937. The Morgan fingerprint density at radius 1 is 1.45 bits per heavy atom. The summed E-state index contributed by atoms with van der Waals surface area (Å²) in [6.07, 6.45) is 0. The molecule has 1 aromatic rings. The molecule has 0 fully saturated rings. The Bertz CT molecular complexity index is 311. The molecule has 0 amide bonds. The molecule has 1 N–H and O–H groups in total. The van der Waals surface area contributed by atoms with Crippen LogP contribution in [0.15, 0.2) is 32.7 Å². The molecule has 0 radical (unpaired) electrons. The lowest BCUT2D eigenvalue weighted by Crippen LogP contribution is -1.87. The highest BCUT2D eigenvalue weighted by Gasteiger charge is 2.07. The standard InChI is InChI=1S/C7H6N2OS/c10-6-2-1-5-4-8-9-11-7(5)3-6/h1-3,10H,4H2. The van der Waals surface area contributed by atoms with Crippen LogP contribution in [-0.4, -0.2) is 5.11 Å². The van der Waals surface area contributed by atoms with Gasteiger partial charge in [0.1, 0.15) is 5.75 Å². The zero-order chi connectivity index (χ0) is 7.68. The fraction of sp³-hybridized carbons (Fsp3) is 0.143. The van der Waals surface area contributed by atoms with Crippen molar-refractivity contribution in [2.24, 2.45) is 9.63 Å². The van der Waals surface area contributed by atoms with E-state index in [1.54, 1.807) is 12.1 Å². The molecular formula is C7H6N2OS. The topological polar surface area (TPSA) is 45.0 Å². The van der Waals surface area contributed by atoms with Gasteiger partial charge in [0.05, 0.1) is 6.54 Å². The number of rotatable bonds is 0. The van der Waals surface area contributed by atoms with E-state index in [9.17, 15) is 0 Å². The molecule has 0 aliphatic carbocycles. The number of benzene rings is 1. The van der Waals surface area contributed by atoms with Gasteiger partial charge in [-0.25, -0.2) is 0 Å². The summed E-state index contributed by atoms with van der Waals surface area (Å²) < 4.78 is 3.79. The first kappa shape index (κ1) is 6.67. The van der Waals surface area contributed by atoms with E-state index in [4.69, 9.17) is 5.11 Å². The van der Waals surface area contributed by atoms with E-state index in [1.807, 2.05) is 6.07 Å². The van der Waals surface area contributed by atoms with Crippen molar-refractivity contribution in [2.45, 2.75) is 11.4 Å². The van der Waals surface area contributed by atoms with Crippen LogP contribution in [-0.2, 0) is 6.54 Å². The maximum Gasteiger partial charge on any atom is 0.116 e. The lowest BCUT2D eigenvalue weighted by Gasteiger charge is -2.07. The number of hydrogen-bond donors (Lipinski definition) is 1. The van der Waals surface area contributed by atoms with Crippen LogP contribution in [0.1, 0.15) is 5.56 Å². The van der Waals surface area contributed by atoms with Gasteiger partial charge in [-0.2, -0.15) is 5.11 Å². The molecule has 0 saturated carbocycles. The van der Waals surface area contributed by atoms with E-state index in [1.165, 1.54) is 11.9 Å². The first-order valence-corrected chi connectivity index (χ1v) is 3.99. The van der Waals surface area contributed by atoms with Crippen LogP contribution in [0, 0.1) is 0 Å². The van der Waals surface area contributed by atoms with Crippen LogP contribution in [0.25, 0.3) is 0 Å². The molecule has 1 heterocycles. The molecular weight excluding hydrogens is 160 g/mol. The molecule has 0 atom stereocenters. The van der Waals surface area contributed by atoms with Crippen LogP contribution in [0.5, 0.6) is 5.75 Å². The summed E-state index contributed by atoms with van der Waals surface area (Å²) in [5, 5.41) is 13.0. The van der Waals surface area contributed by atoms with Crippen molar-refractivity contribution in [3.8, 4) is 5.75 Å². The summed E-state index contributed by atoms with van der Waals surface area (Å²) in [7, 11) is 0. The molecule has 0 saturated heterocycles. The molecule has 0 bridgehead atoms. The second kappa shape index (κ2) is 2.54. The van der Waals surface area contributed by atoms with Gasteiger partial charge in [-0.1, -0.05) is 6.07 Å². The second-order valence-electron chi connectivity index (χ2n) is 2.26. The smallest absolute Gasteiger partial charge is 0.116 e. The van der Waals surface area contributed by atoms with Gasteiger partial charge in [0.25, 0.3) is 0 Å². The van der Waals surface area contributed by atoms with Gasteiger partial charge in [-0.3, -0.25) is 0 Å². The lowest BCUT2D eigenvalue weighted by molar-refractivity contribution is 0.473. The maximum atomic E-state index is 9.10. The molecule has 1 aromatic carbocycles. The zero-order valence-electron chi connectivity index (χ0n) is 5.69. The lowest BCUT2D eigenvalue weighted by atomic mass is 10.2. The van der Waals surface area contributed by atoms with Crippen LogP contribution >= 0.6 is 11.9 Å². The predicted molar refractivity (Wildman–Crippen MR) is 42.5 cm³/mol. The Hall–Kier alpha value is -1.03. The third kappa shape index (κ3) is 1.21. The minimum Gasteiger partial charge on any atom is -0.508 e. The van der Waals surface area contributed by atoms with Gasteiger partial charge in [0.2, 0.25) is 0 Å². The highest BCUT2D eigenvalue weighted by atomic mass is 32.2. The third-order valence-electron chi connectivity index (χ3n) is 1.49. The second-order valence-corrected chi connectivity index (χ2v) is 3.05. The molecule has 11 heavy (non-hydrogen) atoms. The van der Waals surface area contributed by atoms with Crippen molar-refractivity contribution in [2.75, 3.05) is 0 Å². The maximum absolute atomic E-state index is 9.10. The molecule has 1 aliphatic rings. The van der Waals surface area contributed by atoms with E-state index >= 15 is 0 Å². The molecule has 0 aromatic heterocycles. The van der Waals surface area contributed by atoms with Gasteiger partial charge in [-0.05, 0) is 17.7 Å². The molecule has 0 unspecified atom stereocenters. The van der Waals surface area contributed by atoms with Crippen LogP contribution < -0.4 is 0 Å². The van der Waals surface area contributed by atoms with Gasteiger partial charge in [-0.15, -0.1) is 4.52 Å². The first-order chi connectivity index (χ1) is 5.36. The van der Waals surface area contributed by atoms with Crippen molar-refractivity contribution in [3.63, 3.8) is 0 Å². The largest absolute Gasteiger partial charge is 0.508 e. The van der Waals surface area contributed by atoms with Crippen molar-refractivity contribution in [3.05, 3.63) is 23.8 Å². The van der Waals surface area contributed by atoms with E-state index in [0.29, 0.717) is 6.54 Å². The number of nitrogens with zero attached hydrogens (tertiary/aromatic N) is 2. The Morgan fingerprint density at radius 3 is 3.27 bits per heavy atom. The van der Waals surface area contributed by atoms with Gasteiger partial charge >= 0.3 is 0 Å². The quantitative estimate of drug-likeness (QED) is 0.601. The third-order valence-corrected chi connectivity index (χ3v) is 2.26. The van der Waals surface area contributed by atoms with Gasteiger partial charge < -0.3 is 5.11 Å². The zero-order valence-corrected chi connectivity index (χ0v) is 6.51. The summed E-state index contributed by atoms with van der Waals surface area (Å²) in [5.41, 5.74) is 1.13. The summed E-state index contributed by atoms with van der Waals surface area (Å²) in [6.45, 7) is 0.628. The number of phenolic OH excluding ortho intramolecular Hbond substituents is 1. The first-order valence-electron chi connectivity index (χ1n) is 3.22. The molecule has 3 nitrogen and oxygen atoms in total. The average Bonchev–Trinajstić information content (AvgIpc) is 2.04. The fourth-order valence-corrected chi connectivity index (χ4v) is 1.56. The summed E-state index contributed by atoms with van der Waals surface area (Å²) in [4.78, 5) is 1.00. The summed E-state index contributed by atoms with van der Waals surface area (Å²) >= 11 is 1.30. The van der Waals surface area contributed by atoms with Gasteiger partial charge in [0, 0.05) is 16.8 Å². The minimum absolute atomic E-state index is 0.286. The SMILES string of the molecule is Oc1ccc2c(c1)SN=NC2. The van der Waals surface area contributed by atoms with E-state index in [2.05, 4.69) is 9.63 Å². The van der Waals surface area contributed by atoms with Gasteiger partial charge in [0.15, 0.2) is 0 Å². The number of aromatic hydroxyl groups is 1. The Balaban J connectivity index is 2.48. The highest BCUT2D eigenvalue weighted by Crippen LogP contribution is 2.31. The number of phenols is 1. The predicted octanol–water partition coefficient (Wildman–Crippen LogP) is 2.37. The Morgan fingerprint density at radius 2 is 2.36 bits per heavy atom. The Kier molecular flexibility index (Phi) is 1.54. The average molecular weight is 166 g/mol. The van der Waals surface area contributed by atoms with E-state index in [0.717, 1.165) is 10.5 Å². The van der Waals surface area contributed by atoms with Crippen LogP contribution in [0.2, 0.25) is 0 Å². The molecule has 4 heteroatoms. The number of hydrogen-bond acceptors (Lipinski definition) is 4. The van der Waals surface area contributed by atoms with Crippen LogP contribution in [0.3, 0.4) is 0 Å². The van der Waals surface area contributed by atoms with E-state index < -0.39 is 0 Å². The molecule has 2 rings (SSSR count). The van der Waals surface area contributed by atoms with Crippen molar-refractivity contribution < 1.29 is 5.11 Å². The normalized spacial score (nSPS) is 14.5.